The maximum atomic E-state index is 12.2. The lowest BCUT2D eigenvalue weighted by Crippen LogP contribution is -2.45. The third-order valence-electron chi connectivity index (χ3n) is 7.69. The molecule has 2 atom stereocenters. The Hall–Kier alpha value is -1.13. The van der Waals surface area contributed by atoms with Crippen molar-refractivity contribution in [1.29, 1.82) is 0 Å². The molecule has 0 spiro atoms. The van der Waals surface area contributed by atoms with Crippen molar-refractivity contribution in [3.8, 4) is 0 Å². The van der Waals surface area contributed by atoms with E-state index in [1.807, 2.05) is 6.08 Å². The average Bonchev–Trinajstić information content (AvgIpc) is 2.94. The minimum absolute atomic E-state index is 0.0759. The molecule has 0 rings (SSSR count). The number of amides is 1. The van der Waals surface area contributed by atoms with E-state index in [2.05, 4.69) is 31.3 Å². The maximum Gasteiger partial charge on any atom is 0.220 e. The zero-order chi connectivity index (χ0) is 28.7. The molecule has 0 heterocycles. The third kappa shape index (κ3) is 28.2. The third-order valence-corrected chi connectivity index (χ3v) is 7.69. The lowest BCUT2D eigenvalue weighted by atomic mass is 10.0. The smallest absolute Gasteiger partial charge is 0.220 e. The molecule has 1 amide bonds. The summed E-state index contributed by atoms with van der Waals surface area (Å²) in [4.78, 5) is 12.2. The van der Waals surface area contributed by atoms with Gasteiger partial charge in [0.05, 0.1) is 18.8 Å². The van der Waals surface area contributed by atoms with Crippen LogP contribution in [-0.4, -0.2) is 34.9 Å². The van der Waals surface area contributed by atoms with Gasteiger partial charge >= 0.3 is 0 Å². The first-order chi connectivity index (χ1) is 19.2. The molecular weight excluding hydrogens is 482 g/mol. The van der Waals surface area contributed by atoms with E-state index in [1.54, 1.807) is 6.08 Å². The van der Waals surface area contributed by atoms with Gasteiger partial charge in [-0.25, -0.2) is 0 Å². The Morgan fingerprint density at radius 1 is 0.590 bits per heavy atom. The summed E-state index contributed by atoms with van der Waals surface area (Å²) in [6.07, 6.45) is 38.4. The fourth-order valence-electron chi connectivity index (χ4n) is 5.02. The van der Waals surface area contributed by atoms with Crippen molar-refractivity contribution in [3.05, 3.63) is 24.3 Å². The molecule has 0 saturated carbocycles. The molecule has 3 N–H and O–H groups in total. The van der Waals surface area contributed by atoms with Crippen LogP contribution in [0.25, 0.3) is 0 Å². The molecule has 0 aromatic heterocycles. The van der Waals surface area contributed by atoms with Crippen LogP contribution in [0.3, 0.4) is 0 Å². The molecule has 0 saturated heterocycles. The summed E-state index contributed by atoms with van der Waals surface area (Å²) in [5.74, 6) is -0.0759. The van der Waals surface area contributed by atoms with E-state index in [0.29, 0.717) is 6.42 Å². The summed E-state index contributed by atoms with van der Waals surface area (Å²) in [5.41, 5.74) is 0. The summed E-state index contributed by atoms with van der Waals surface area (Å²) in [7, 11) is 0. The van der Waals surface area contributed by atoms with Crippen molar-refractivity contribution < 1.29 is 15.0 Å². The predicted octanol–water partition coefficient (Wildman–Crippen LogP) is 9.73. The zero-order valence-electron chi connectivity index (χ0n) is 26.2. The summed E-state index contributed by atoms with van der Waals surface area (Å²) in [6, 6.07) is -0.631. The molecular formula is C35H67NO3. The number of carbonyl (C=O) groups is 1. The molecule has 0 aliphatic carbocycles. The highest BCUT2D eigenvalue weighted by atomic mass is 16.3. The van der Waals surface area contributed by atoms with Crippen molar-refractivity contribution >= 4 is 5.91 Å². The minimum atomic E-state index is -0.854. The molecule has 0 aromatic rings. The van der Waals surface area contributed by atoms with E-state index >= 15 is 0 Å². The number of unbranched alkanes of at least 4 members (excludes halogenated alkanes) is 21. The summed E-state index contributed by atoms with van der Waals surface area (Å²) < 4.78 is 0. The summed E-state index contributed by atoms with van der Waals surface area (Å²) >= 11 is 0. The second kappa shape index (κ2) is 31.4. The maximum absolute atomic E-state index is 12.2. The quantitative estimate of drug-likeness (QED) is 0.0617. The lowest BCUT2D eigenvalue weighted by Gasteiger charge is -2.19. The van der Waals surface area contributed by atoms with Gasteiger partial charge in [-0.3, -0.25) is 4.79 Å². The molecule has 0 unspecified atom stereocenters. The highest BCUT2D eigenvalue weighted by molar-refractivity contribution is 5.76. The van der Waals surface area contributed by atoms with Crippen LogP contribution < -0.4 is 5.32 Å². The molecule has 230 valence electrons. The summed E-state index contributed by atoms with van der Waals surface area (Å²) in [6.45, 7) is 4.24. The fraction of sp³-hybridized carbons (Fsp3) is 0.857. The van der Waals surface area contributed by atoms with Gasteiger partial charge in [0.1, 0.15) is 0 Å². The Kier molecular flexibility index (Phi) is 30.5. The Morgan fingerprint density at radius 3 is 1.49 bits per heavy atom. The van der Waals surface area contributed by atoms with Crippen molar-refractivity contribution in [2.45, 2.75) is 187 Å². The van der Waals surface area contributed by atoms with Gasteiger partial charge in [0, 0.05) is 6.42 Å². The van der Waals surface area contributed by atoms with Crippen molar-refractivity contribution in [1.82, 2.24) is 5.32 Å². The molecule has 0 radical (unpaired) electrons. The van der Waals surface area contributed by atoms with Crippen LogP contribution in [0.4, 0.5) is 0 Å². The van der Waals surface area contributed by atoms with Crippen molar-refractivity contribution in [2.75, 3.05) is 6.61 Å². The standard InChI is InChI=1S/C35H67NO3/c1-3-5-7-9-11-13-14-15-16-17-18-19-20-21-23-25-27-29-31-35(39)36-33(32-37)34(38)30-28-26-24-22-12-10-8-6-4-2/h12,22,28,30,33-34,37-38H,3-11,13-21,23-27,29,31-32H2,1-2H3,(H,36,39)/b22-12+,30-28+/t33-,34+/m0/s1. The molecule has 39 heavy (non-hydrogen) atoms. The second-order valence-corrected chi connectivity index (χ2v) is 11.6. The van der Waals surface area contributed by atoms with Crippen LogP contribution in [0.5, 0.6) is 0 Å². The molecule has 4 heteroatoms. The molecule has 0 aliphatic heterocycles. The highest BCUT2D eigenvalue weighted by Crippen LogP contribution is 2.14. The molecule has 0 fully saturated rings. The Labute approximate surface area is 243 Å². The monoisotopic (exact) mass is 550 g/mol. The topological polar surface area (TPSA) is 69.6 Å². The van der Waals surface area contributed by atoms with E-state index in [0.717, 1.165) is 32.1 Å². The van der Waals surface area contributed by atoms with Gasteiger partial charge in [0.25, 0.3) is 0 Å². The van der Waals surface area contributed by atoms with E-state index in [-0.39, 0.29) is 12.5 Å². The van der Waals surface area contributed by atoms with E-state index in [9.17, 15) is 15.0 Å². The summed E-state index contributed by atoms with van der Waals surface area (Å²) in [5, 5.41) is 22.7. The van der Waals surface area contributed by atoms with E-state index in [1.165, 1.54) is 122 Å². The number of hydrogen-bond acceptors (Lipinski definition) is 3. The van der Waals surface area contributed by atoms with E-state index in [4.69, 9.17) is 0 Å². The van der Waals surface area contributed by atoms with Gasteiger partial charge in [-0.15, -0.1) is 0 Å². The molecule has 0 bridgehead atoms. The first-order valence-electron chi connectivity index (χ1n) is 17.1. The van der Waals surface area contributed by atoms with Gasteiger partial charge in [-0.2, -0.15) is 0 Å². The number of aliphatic hydroxyl groups excluding tert-OH is 2. The number of hydrogen-bond donors (Lipinski definition) is 3. The minimum Gasteiger partial charge on any atom is -0.394 e. The van der Waals surface area contributed by atoms with Gasteiger partial charge in [0.15, 0.2) is 0 Å². The normalized spacial score (nSPS) is 13.4. The van der Waals surface area contributed by atoms with Crippen LogP contribution in [0.2, 0.25) is 0 Å². The van der Waals surface area contributed by atoms with Gasteiger partial charge < -0.3 is 15.5 Å². The Balaban J connectivity index is 3.58. The van der Waals surface area contributed by atoms with Crippen LogP contribution in [0.1, 0.15) is 174 Å². The number of carbonyl (C=O) groups excluding carboxylic acids is 1. The number of aliphatic hydroxyl groups is 2. The second-order valence-electron chi connectivity index (χ2n) is 11.6. The Bertz CT molecular complexity index is 560. The van der Waals surface area contributed by atoms with Crippen molar-refractivity contribution in [2.24, 2.45) is 0 Å². The zero-order valence-corrected chi connectivity index (χ0v) is 26.2. The average molecular weight is 550 g/mol. The number of nitrogens with one attached hydrogen (secondary N) is 1. The van der Waals surface area contributed by atoms with Gasteiger partial charge in [-0.1, -0.05) is 160 Å². The Morgan fingerprint density at radius 2 is 1.00 bits per heavy atom. The van der Waals surface area contributed by atoms with Crippen LogP contribution >= 0.6 is 0 Å². The fourth-order valence-corrected chi connectivity index (χ4v) is 5.02. The number of rotatable bonds is 30. The molecule has 4 nitrogen and oxygen atoms in total. The molecule has 0 aliphatic rings. The van der Waals surface area contributed by atoms with E-state index < -0.39 is 12.1 Å². The lowest BCUT2D eigenvalue weighted by molar-refractivity contribution is -0.123. The van der Waals surface area contributed by atoms with Crippen LogP contribution in [-0.2, 0) is 4.79 Å². The number of allylic oxidation sites excluding steroid dienone is 3. The van der Waals surface area contributed by atoms with Crippen LogP contribution in [0.15, 0.2) is 24.3 Å². The van der Waals surface area contributed by atoms with Crippen molar-refractivity contribution in [3.63, 3.8) is 0 Å². The van der Waals surface area contributed by atoms with Gasteiger partial charge in [-0.05, 0) is 32.1 Å². The first-order valence-corrected chi connectivity index (χ1v) is 17.1. The van der Waals surface area contributed by atoms with Crippen LogP contribution in [0, 0.1) is 0 Å². The van der Waals surface area contributed by atoms with Gasteiger partial charge in [0.2, 0.25) is 5.91 Å². The predicted molar refractivity (Wildman–Crippen MR) is 170 cm³/mol. The SMILES string of the molecule is CCCCC/C=C/CC/C=C/[C@@H](O)[C@H](CO)NC(=O)CCCCCCCCCCCCCCCCCCCC. The largest absolute Gasteiger partial charge is 0.394 e. The highest BCUT2D eigenvalue weighted by Gasteiger charge is 2.17. The first kappa shape index (κ1) is 37.9. The molecule has 0 aromatic carbocycles.